The largest absolute Gasteiger partial charge is 0.351 e. The van der Waals surface area contributed by atoms with Gasteiger partial charge in [-0.25, -0.2) is 0 Å². The van der Waals surface area contributed by atoms with Crippen LogP contribution in [0.25, 0.3) is 0 Å². The molecule has 1 heterocycles. The van der Waals surface area contributed by atoms with Gasteiger partial charge in [-0.2, -0.15) is 0 Å². The van der Waals surface area contributed by atoms with Crippen LogP contribution < -0.4 is 10.6 Å². The molecular weight excluding hydrogens is 318 g/mol. The zero-order valence-corrected chi connectivity index (χ0v) is 16.6. The van der Waals surface area contributed by atoms with Crippen molar-refractivity contribution in [3.05, 3.63) is 0 Å². The minimum absolute atomic E-state index is 0.00761. The van der Waals surface area contributed by atoms with Gasteiger partial charge >= 0.3 is 0 Å². The lowest BCUT2D eigenvalue weighted by Gasteiger charge is -2.36. The van der Waals surface area contributed by atoms with Crippen LogP contribution in [0.4, 0.5) is 0 Å². The molecule has 2 N–H and O–H groups in total. The molecule has 25 heavy (non-hydrogen) atoms. The number of carbonyl (C=O) groups excluding carboxylic acids is 3. The van der Waals surface area contributed by atoms with Crippen LogP contribution in [0.15, 0.2) is 0 Å². The van der Waals surface area contributed by atoms with E-state index in [4.69, 9.17) is 0 Å². The Morgan fingerprint density at radius 3 is 2.24 bits per heavy atom. The lowest BCUT2D eigenvalue weighted by atomic mass is 9.98. The average Bonchev–Trinajstić information content (AvgIpc) is 2.51. The molecule has 0 aromatic carbocycles. The topological polar surface area (TPSA) is 78.5 Å². The molecule has 1 aliphatic rings. The van der Waals surface area contributed by atoms with E-state index in [0.29, 0.717) is 19.5 Å². The van der Waals surface area contributed by atoms with Crippen molar-refractivity contribution < 1.29 is 14.4 Å². The highest BCUT2D eigenvalue weighted by molar-refractivity contribution is 5.88. The Labute approximate surface area is 152 Å². The Balaban J connectivity index is 2.70. The first-order valence-corrected chi connectivity index (χ1v) is 9.50. The van der Waals surface area contributed by atoms with Crippen molar-refractivity contribution >= 4 is 17.7 Å². The molecule has 0 radical (unpaired) electrons. The summed E-state index contributed by atoms with van der Waals surface area (Å²) in [5.41, 5.74) is 0. The number of rotatable bonds is 7. The van der Waals surface area contributed by atoms with Crippen LogP contribution in [0.3, 0.4) is 0 Å². The number of carbonyl (C=O) groups is 3. The van der Waals surface area contributed by atoms with Crippen LogP contribution in [-0.2, 0) is 14.4 Å². The molecule has 2 unspecified atom stereocenters. The van der Waals surface area contributed by atoms with Crippen molar-refractivity contribution in [1.82, 2.24) is 15.5 Å². The lowest BCUT2D eigenvalue weighted by molar-refractivity contribution is -0.139. The number of likely N-dealkylation sites (tertiary alicyclic amines) is 1. The molecule has 144 valence electrons. The van der Waals surface area contributed by atoms with Crippen molar-refractivity contribution in [1.29, 1.82) is 0 Å². The van der Waals surface area contributed by atoms with E-state index >= 15 is 0 Å². The Hall–Kier alpha value is -1.59. The molecule has 1 rings (SSSR count). The van der Waals surface area contributed by atoms with E-state index in [2.05, 4.69) is 10.6 Å². The quantitative estimate of drug-likeness (QED) is 0.734. The second-order valence-electron chi connectivity index (χ2n) is 8.17. The monoisotopic (exact) mass is 353 g/mol. The molecule has 0 spiro atoms. The molecular formula is C19H35N3O3. The number of nitrogens with one attached hydrogen (secondary N) is 2. The van der Waals surface area contributed by atoms with Crippen molar-refractivity contribution in [3.8, 4) is 0 Å². The summed E-state index contributed by atoms with van der Waals surface area (Å²) in [6.45, 7) is 12.8. The highest BCUT2D eigenvalue weighted by Crippen LogP contribution is 2.15. The first kappa shape index (κ1) is 21.5. The zero-order chi connectivity index (χ0) is 19.1. The van der Waals surface area contributed by atoms with Crippen LogP contribution in [0.2, 0.25) is 0 Å². The van der Waals surface area contributed by atoms with Gasteiger partial charge in [0.05, 0.1) is 0 Å². The van der Waals surface area contributed by atoms with E-state index in [0.717, 1.165) is 12.8 Å². The van der Waals surface area contributed by atoms with E-state index in [1.54, 1.807) is 4.90 Å². The van der Waals surface area contributed by atoms with Crippen molar-refractivity contribution in [2.75, 3.05) is 13.1 Å². The molecule has 1 fully saturated rings. The number of hydrogen-bond donors (Lipinski definition) is 2. The maximum atomic E-state index is 12.9. The van der Waals surface area contributed by atoms with Gasteiger partial charge in [0.25, 0.3) is 0 Å². The molecule has 0 aromatic heterocycles. The van der Waals surface area contributed by atoms with Gasteiger partial charge in [0.15, 0.2) is 0 Å². The van der Waals surface area contributed by atoms with Gasteiger partial charge in [-0.3, -0.25) is 14.4 Å². The molecule has 0 bridgehead atoms. The summed E-state index contributed by atoms with van der Waals surface area (Å²) in [6.07, 6.45) is 2.16. The number of amides is 3. The third kappa shape index (κ3) is 7.04. The highest BCUT2D eigenvalue weighted by Gasteiger charge is 2.32. The summed E-state index contributed by atoms with van der Waals surface area (Å²) in [5.74, 6) is 0.108. The van der Waals surface area contributed by atoms with E-state index in [-0.39, 0.29) is 41.5 Å². The Morgan fingerprint density at radius 1 is 1.08 bits per heavy atom. The van der Waals surface area contributed by atoms with E-state index < -0.39 is 6.04 Å². The normalized spacial score (nSPS) is 19.2. The third-order valence-corrected chi connectivity index (χ3v) is 4.45. The van der Waals surface area contributed by atoms with Gasteiger partial charge < -0.3 is 15.5 Å². The average molecular weight is 354 g/mol. The minimum atomic E-state index is -0.509. The van der Waals surface area contributed by atoms with Gasteiger partial charge in [-0.15, -0.1) is 0 Å². The molecule has 1 saturated heterocycles. The summed E-state index contributed by atoms with van der Waals surface area (Å²) in [6, 6.07) is -0.516. The summed E-state index contributed by atoms with van der Waals surface area (Å²) >= 11 is 0. The van der Waals surface area contributed by atoms with Crippen molar-refractivity contribution in [2.45, 2.75) is 72.9 Å². The fourth-order valence-electron chi connectivity index (χ4n) is 2.98. The van der Waals surface area contributed by atoms with Crippen molar-refractivity contribution in [3.63, 3.8) is 0 Å². The standard InChI is InChI=1S/C19H35N3O3/c1-12(2)10-16(23)21-17(13(3)4)19(25)22-9-7-8-15(11-22)20-18(24)14(5)6/h12-15,17H,7-11H2,1-6H3,(H,20,24)(H,21,23). The minimum Gasteiger partial charge on any atom is -0.351 e. The van der Waals surface area contributed by atoms with Crippen LogP contribution >= 0.6 is 0 Å². The zero-order valence-electron chi connectivity index (χ0n) is 16.6. The maximum absolute atomic E-state index is 12.9. The molecule has 0 aromatic rings. The highest BCUT2D eigenvalue weighted by atomic mass is 16.2. The van der Waals surface area contributed by atoms with Crippen LogP contribution in [0.5, 0.6) is 0 Å². The maximum Gasteiger partial charge on any atom is 0.245 e. The summed E-state index contributed by atoms with van der Waals surface area (Å²) < 4.78 is 0. The second-order valence-corrected chi connectivity index (χ2v) is 8.17. The molecule has 0 saturated carbocycles. The number of nitrogens with zero attached hydrogens (tertiary/aromatic N) is 1. The Morgan fingerprint density at radius 2 is 1.72 bits per heavy atom. The molecule has 3 amide bonds. The molecule has 1 aliphatic heterocycles. The van der Waals surface area contributed by atoms with E-state index in [1.807, 2.05) is 41.5 Å². The Kier molecular flexibility index (Phi) is 8.39. The smallest absolute Gasteiger partial charge is 0.245 e. The summed E-state index contributed by atoms with van der Waals surface area (Å²) in [7, 11) is 0. The van der Waals surface area contributed by atoms with E-state index in [9.17, 15) is 14.4 Å². The predicted molar refractivity (Wildman–Crippen MR) is 98.8 cm³/mol. The van der Waals surface area contributed by atoms with Gasteiger partial charge in [-0.05, 0) is 24.7 Å². The van der Waals surface area contributed by atoms with Gasteiger partial charge in [-0.1, -0.05) is 41.5 Å². The van der Waals surface area contributed by atoms with E-state index in [1.165, 1.54) is 0 Å². The van der Waals surface area contributed by atoms with Crippen LogP contribution in [-0.4, -0.2) is 47.8 Å². The SMILES string of the molecule is CC(C)CC(=O)NC(C(=O)N1CCCC(NC(=O)C(C)C)C1)C(C)C. The van der Waals surface area contributed by atoms with Crippen molar-refractivity contribution in [2.24, 2.45) is 17.8 Å². The lowest BCUT2D eigenvalue weighted by Crippen LogP contribution is -2.56. The fourth-order valence-corrected chi connectivity index (χ4v) is 2.98. The number of piperidine rings is 1. The second kappa shape index (κ2) is 9.78. The first-order valence-electron chi connectivity index (χ1n) is 9.50. The first-order chi connectivity index (χ1) is 11.6. The van der Waals surface area contributed by atoms with Gasteiger partial charge in [0, 0.05) is 31.5 Å². The summed E-state index contributed by atoms with van der Waals surface area (Å²) in [5, 5.41) is 5.92. The third-order valence-electron chi connectivity index (χ3n) is 4.45. The molecule has 0 aliphatic carbocycles. The van der Waals surface area contributed by atoms with Gasteiger partial charge in [0.1, 0.15) is 6.04 Å². The predicted octanol–water partition coefficient (Wildman–Crippen LogP) is 1.94. The molecule has 6 heteroatoms. The number of hydrogen-bond acceptors (Lipinski definition) is 3. The Bertz CT molecular complexity index is 475. The van der Waals surface area contributed by atoms with Crippen LogP contribution in [0, 0.1) is 17.8 Å². The fraction of sp³-hybridized carbons (Fsp3) is 0.842. The molecule has 2 atom stereocenters. The summed E-state index contributed by atoms with van der Waals surface area (Å²) in [4.78, 5) is 38.7. The van der Waals surface area contributed by atoms with Gasteiger partial charge in [0.2, 0.25) is 17.7 Å². The van der Waals surface area contributed by atoms with Crippen LogP contribution in [0.1, 0.15) is 60.8 Å². The molecule has 6 nitrogen and oxygen atoms in total.